The molecule has 4 nitrogen and oxygen atoms in total. The van der Waals surface area contributed by atoms with Crippen LogP contribution >= 0.6 is 0 Å². The van der Waals surface area contributed by atoms with Crippen LogP contribution in [0.15, 0.2) is 24.3 Å². The molecule has 1 aromatic heterocycles. The first-order valence-electron chi connectivity index (χ1n) is 9.65. The van der Waals surface area contributed by atoms with Crippen molar-refractivity contribution in [2.45, 2.75) is 51.7 Å². The number of aliphatic hydroxyl groups is 1. The van der Waals surface area contributed by atoms with E-state index >= 15 is 0 Å². The molecule has 2 fully saturated rings. The van der Waals surface area contributed by atoms with Gasteiger partial charge in [-0.3, -0.25) is 4.90 Å². The molecule has 134 valence electrons. The summed E-state index contributed by atoms with van der Waals surface area (Å²) >= 11 is 0. The lowest BCUT2D eigenvalue weighted by atomic mass is 9.98. The molecule has 0 radical (unpaired) electrons. The molecule has 0 spiro atoms. The van der Waals surface area contributed by atoms with Crippen LogP contribution in [-0.2, 0) is 0 Å². The molecule has 1 atom stereocenters. The summed E-state index contributed by atoms with van der Waals surface area (Å²) in [6.45, 7) is 8.44. The largest absolute Gasteiger partial charge is 0.392 e. The van der Waals surface area contributed by atoms with Gasteiger partial charge in [0.05, 0.1) is 11.6 Å². The predicted octanol–water partition coefficient (Wildman–Crippen LogP) is 3.28. The Morgan fingerprint density at radius 3 is 2.60 bits per heavy atom. The van der Waals surface area contributed by atoms with Crippen molar-refractivity contribution in [3.63, 3.8) is 0 Å². The predicted molar refractivity (Wildman–Crippen MR) is 103 cm³/mol. The quantitative estimate of drug-likeness (QED) is 0.911. The summed E-state index contributed by atoms with van der Waals surface area (Å²) in [5.74, 6) is 1.12. The lowest BCUT2D eigenvalue weighted by Gasteiger charge is -2.41. The zero-order chi connectivity index (χ0) is 17.4. The first kappa shape index (κ1) is 16.8. The highest BCUT2D eigenvalue weighted by Crippen LogP contribution is 2.27. The molecule has 0 saturated carbocycles. The van der Waals surface area contributed by atoms with Gasteiger partial charge in [0.2, 0.25) is 0 Å². The van der Waals surface area contributed by atoms with E-state index in [1.165, 1.54) is 29.4 Å². The van der Waals surface area contributed by atoms with Crippen LogP contribution in [0, 0.1) is 13.8 Å². The van der Waals surface area contributed by atoms with E-state index in [9.17, 15) is 5.11 Å². The van der Waals surface area contributed by atoms with Crippen LogP contribution < -0.4 is 4.90 Å². The van der Waals surface area contributed by atoms with E-state index in [-0.39, 0.29) is 6.10 Å². The second-order valence-corrected chi connectivity index (χ2v) is 7.83. The van der Waals surface area contributed by atoms with Gasteiger partial charge in [-0.15, -0.1) is 0 Å². The van der Waals surface area contributed by atoms with Gasteiger partial charge in [-0.1, -0.05) is 11.6 Å². The number of likely N-dealkylation sites (tertiary alicyclic amines) is 1. The molecule has 2 aliphatic heterocycles. The molecule has 4 rings (SSSR count). The summed E-state index contributed by atoms with van der Waals surface area (Å²) in [5, 5.41) is 11.2. The number of aryl methyl sites for hydroxylation is 2. The lowest BCUT2D eigenvalue weighted by molar-refractivity contribution is 0.0398. The Morgan fingerprint density at radius 1 is 1.04 bits per heavy atom. The second-order valence-electron chi connectivity index (χ2n) is 7.83. The Labute approximate surface area is 150 Å². The van der Waals surface area contributed by atoms with Gasteiger partial charge in [-0.25, -0.2) is 4.98 Å². The summed E-state index contributed by atoms with van der Waals surface area (Å²) in [7, 11) is 0. The number of aromatic nitrogens is 1. The summed E-state index contributed by atoms with van der Waals surface area (Å²) in [4.78, 5) is 9.86. The standard InChI is InChI=1S/C21H29N3O/c1-15-5-6-20-19(12-15)16(2)13-21(22-20)23-10-7-17(8-11-23)24-9-3-4-18(25)14-24/h5-6,12-13,17-18,25H,3-4,7-11,14H2,1-2H3. The molecule has 4 heteroatoms. The van der Waals surface area contributed by atoms with E-state index in [0.29, 0.717) is 6.04 Å². The van der Waals surface area contributed by atoms with Gasteiger partial charge in [0.15, 0.2) is 0 Å². The van der Waals surface area contributed by atoms with Crippen LogP contribution in [0.4, 0.5) is 5.82 Å². The fourth-order valence-electron chi connectivity index (χ4n) is 4.43. The van der Waals surface area contributed by atoms with Gasteiger partial charge >= 0.3 is 0 Å². The van der Waals surface area contributed by atoms with Crippen LogP contribution in [0.25, 0.3) is 10.9 Å². The number of rotatable bonds is 2. The number of pyridine rings is 1. The highest BCUT2D eigenvalue weighted by Gasteiger charge is 2.28. The van der Waals surface area contributed by atoms with Crippen molar-refractivity contribution in [1.82, 2.24) is 9.88 Å². The van der Waals surface area contributed by atoms with E-state index in [0.717, 1.165) is 50.4 Å². The molecular weight excluding hydrogens is 310 g/mol. The Morgan fingerprint density at radius 2 is 1.84 bits per heavy atom. The maximum atomic E-state index is 9.93. The van der Waals surface area contributed by atoms with Crippen LogP contribution in [0.5, 0.6) is 0 Å². The van der Waals surface area contributed by atoms with Gasteiger partial charge in [0.25, 0.3) is 0 Å². The van der Waals surface area contributed by atoms with Crippen molar-refractivity contribution in [3.8, 4) is 0 Å². The van der Waals surface area contributed by atoms with Crippen molar-refractivity contribution in [2.24, 2.45) is 0 Å². The molecule has 1 aromatic carbocycles. The van der Waals surface area contributed by atoms with Crippen molar-refractivity contribution < 1.29 is 5.11 Å². The number of β-amino-alcohol motifs (C(OH)–C–C–N with tert-alkyl or cyclic N) is 1. The van der Waals surface area contributed by atoms with E-state index in [4.69, 9.17) is 4.98 Å². The first-order valence-corrected chi connectivity index (χ1v) is 9.65. The number of hydrogen-bond donors (Lipinski definition) is 1. The molecular formula is C21H29N3O. The minimum absolute atomic E-state index is 0.125. The van der Waals surface area contributed by atoms with Crippen LogP contribution in [0.1, 0.15) is 36.8 Å². The Kier molecular flexibility index (Phi) is 4.65. The number of fused-ring (bicyclic) bond motifs is 1. The number of hydrogen-bond acceptors (Lipinski definition) is 4. The fraction of sp³-hybridized carbons (Fsp3) is 0.571. The van der Waals surface area contributed by atoms with Crippen molar-refractivity contribution in [3.05, 3.63) is 35.4 Å². The molecule has 3 heterocycles. The van der Waals surface area contributed by atoms with Crippen molar-refractivity contribution >= 4 is 16.7 Å². The summed E-state index contributed by atoms with van der Waals surface area (Å²) in [6.07, 6.45) is 4.31. The molecule has 2 aromatic rings. The van der Waals surface area contributed by atoms with Gasteiger partial charge in [0, 0.05) is 31.1 Å². The minimum Gasteiger partial charge on any atom is -0.392 e. The number of benzene rings is 1. The molecule has 0 amide bonds. The SMILES string of the molecule is Cc1ccc2nc(N3CCC(N4CCCC(O)C4)CC3)cc(C)c2c1. The third-order valence-electron chi connectivity index (χ3n) is 5.89. The molecule has 2 aliphatic rings. The summed E-state index contributed by atoms with van der Waals surface area (Å²) in [6, 6.07) is 9.38. The molecule has 0 aliphatic carbocycles. The third-order valence-corrected chi connectivity index (χ3v) is 5.89. The van der Waals surface area contributed by atoms with Gasteiger partial charge in [-0.2, -0.15) is 0 Å². The van der Waals surface area contributed by atoms with E-state index < -0.39 is 0 Å². The average molecular weight is 339 g/mol. The van der Waals surface area contributed by atoms with Crippen molar-refractivity contribution in [1.29, 1.82) is 0 Å². The first-order chi connectivity index (χ1) is 12.1. The molecule has 1 unspecified atom stereocenters. The minimum atomic E-state index is -0.125. The Balaban J connectivity index is 1.47. The second kappa shape index (κ2) is 6.93. The van der Waals surface area contributed by atoms with Crippen LogP contribution in [0.2, 0.25) is 0 Å². The third kappa shape index (κ3) is 3.51. The highest BCUT2D eigenvalue weighted by atomic mass is 16.3. The van der Waals surface area contributed by atoms with Gasteiger partial charge < -0.3 is 10.0 Å². The molecule has 0 bridgehead atoms. The van der Waals surface area contributed by atoms with E-state index in [2.05, 4.69) is 47.9 Å². The average Bonchev–Trinajstić information content (AvgIpc) is 2.62. The van der Waals surface area contributed by atoms with Crippen molar-refractivity contribution in [2.75, 3.05) is 31.1 Å². The van der Waals surface area contributed by atoms with Gasteiger partial charge in [0.1, 0.15) is 5.82 Å². The van der Waals surface area contributed by atoms with Crippen LogP contribution in [0.3, 0.4) is 0 Å². The topological polar surface area (TPSA) is 39.6 Å². The highest BCUT2D eigenvalue weighted by molar-refractivity contribution is 5.84. The number of anilines is 1. The molecule has 2 saturated heterocycles. The maximum Gasteiger partial charge on any atom is 0.129 e. The summed E-state index contributed by atoms with van der Waals surface area (Å²) < 4.78 is 0. The van der Waals surface area contributed by atoms with Crippen LogP contribution in [-0.4, -0.2) is 53.3 Å². The molecule has 25 heavy (non-hydrogen) atoms. The molecule has 1 N–H and O–H groups in total. The number of piperidine rings is 2. The zero-order valence-electron chi connectivity index (χ0n) is 15.4. The lowest BCUT2D eigenvalue weighted by Crippen LogP contribution is -2.49. The fourth-order valence-corrected chi connectivity index (χ4v) is 4.43. The number of aliphatic hydroxyl groups excluding tert-OH is 1. The Bertz CT molecular complexity index is 752. The van der Waals surface area contributed by atoms with E-state index in [1.54, 1.807) is 0 Å². The Hall–Kier alpha value is -1.65. The van der Waals surface area contributed by atoms with Gasteiger partial charge in [-0.05, 0) is 69.8 Å². The zero-order valence-corrected chi connectivity index (χ0v) is 15.4. The normalized spacial score (nSPS) is 23.3. The summed E-state index contributed by atoms with van der Waals surface area (Å²) in [5.41, 5.74) is 3.70. The number of nitrogens with zero attached hydrogens (tertiary/aromatic N) is 3. The smallest absolute Gasteiger partial charge is 0.129 e. The van der Waals surface area contributed by atoms with E-state index in [1.807, 2.05) is 0 Å². The maximum absolute atomic E-state index is 9.93. The monoisotopic (exact) mass is 339 g/mol.